The predicted molar refractivity (Wildman–Crippen MR) is 84.6 cm³/mol. The lowest BCUT2D eigenvalue weighted by Gasteiger charge is -2.33. The van der Waals surface area contributed by atoms with Crippen LogP contribution in [-0.2, 0) is 16.0 Å². The number of anilines is 1. The van der Waals surface area contributed by atoms with E-state index in [0.29, 0.717) is 6.61 Å². The molecule has 0 aromatic heterocycles. The monoisotopic (exact) mass is 302 g/mol. The van der Waals surface area contributed by atoms with E-state index in [1.54, 1.807) is 6.07 Å². The van der Waals surface area contributed by atoms with Gasteiger partial charge >= 0.3 is 5.97 Å². The van der Waals surface area contributed by atoms with Crippen LogP contribution in [0.5, 0.6) is 5.75 Å². The van der Waals surface area contributed by atoms with Gasteiger partial charge in [-0.3, -0.25) is 0 Å². The second-order valence-electron chi connectivity index (χ2n) is 5.81. The molecule has 0 spiro atoms. The number of benzene rings is 1. The summed E-state index contributed by atoms with van der Waals surface area (Å²) in [5.41, 5.74) is 3.23. The molecule has 3 rings (SSSR count). The molecular formula is C17H22N2O3. The van der Waals surface area contributed by atoms with Gasteiger partial charge in [-0.1, -0.05) is 12.1 Å². The number of fused-ring (bicyclic) bond motifs is 1. The van der Waals surface area contributed by atoms with E-state index in [1.165, 1.54) is 5.57 Å². The van der Waals surface area contributed by atoms with Crippen molar-refractivity contribution in [2.24, 2.45) is 0 Å². The van der Waals surface area contributed by atoms with E-state index >= 15 is 0 Å². The van der Waals surface area contributed by atoms with Gasteiger partial charge in [0.2, 0.25) is 0 Å². The van der Waals surface area contributed by atoms with Crippen molar-refractivity contribution in [3.63, 3.8) is 0 Å². The molecule has 2 N–H and O–H groups in total. The average molecular weight is 302 g/mol. The summed E-state index contributed by atoms with van der Waals surface area (Å²) in [5, 5.41) is 13.5. The summed E-state index contributed by atoms with van der Waals surface area (Å²) in [4.78, 5) is 14.0. The maximum atomic E-state index is 12.1. The number of phenolic OH excluding ortho intramolecular Hbond substituents is 1. The summed E-state index contributed by atoms with van der Waals surface area (Å²) in [6.45, 7) is 2.21. The zero-order valence-electron chi connectivity index (χ0n) is 13.1. The second-order valence-corrected chi connectivity index (χ2v) is 5.81. The third-order valence-corrected chi connectivity index (χ3v) is 4.36. The second kappa shape index (κ2) is 5.91. The zero-order chi connectivity index (χ0) is 15.7. The molecule has 22 heavy (non-hydrogen) atoms. The molecule has 1 aromatic rings. The van der Waals surface area contributed by atoms with Gasteiger partial charge in [0, 0.05) is 7.05 Å². The Hall–Kier alpha value is -2.17. The number of allylic oxidation sites excluding steroid dienone is 1. The first-order valence-corrected chi connectivity index (χ1v) is 7.81. The zero-order valence-corrected chi connectivity index (χ0v) is 13.1. The smallest absolute Gasteiger partial charge is 0.328 e. The number of carbonyl (C=O) groups is 1. The fraction of sp³-hybridized carbons (Fsp3) is 0.471. The minimum absolute atomic E-state index is 0.201. The number of aromatic hydroxyl groups is 1. The van der Waals surface area contributed by atoms with E-state index in [-0.39, 0.29) is 17.8 Å². The Morgan fingerprint density at radius 1 is 1.50 bits per heavy atom. The molecule has 0 radical (unpaired) electrons. The van der Waals surface area contributed by atoms with Gasteiger partial charge in [0.05, 0.1) is 12.3 Å². The Bertz CT molecular complexity index is 624. The van der Waals surface area contributed by atoms with Gasteiger partial charge in [0.15, 0.2) is 0 Å². The number of rotatable bonds is 2. The first-order chi connectivity index (χ1) is 10.6. The SMILES string of the molecule is CCOC(=O)C1CCCC2=C(N1)N(C)c1c(O)cccc1C2. The molecule has 1 aromatic carbocycles. The number of hydrogen-bond acceptors (Lipinski definition) is 5. The van der Waals surface area contributed by atoms with Crippen LogP contribution >= 0.6 is 0 Å². The van der Waals surface area contributed by atoms with Crippen molar-refractivity contribution >= 4 is 11.7 Å². The summed E-state index contributed by atoms with van der Waals surface area (Å²) >= 11 is 0. The largest absolute Gasteiger partial charge is 0.506 e. The molecule has 1 unspecified atom stereocenters. The Morgan fingerprint density at radius 3 is 3.09 bits per heavy atom. The maximum Gasteiger partial charge on any atom is 0.328 e. The molecule has 0 amide bonds. The minimum atomic E-state index is -0.317. The topological polar surface area (TPSA) is 61.8 Å². The Morgan fingerprint density at radius 2 is 2.32 bits per heavy atom. The molecule has 5 heteroatoms. The fourth-order valence-corrected chi connectivity index (χ4v) is 3.35. The number of hydrogen-bond donors (Lipinski definition) is 2. The van der Waals surface area contributed by atoms with Crippen molar-refractivity contribution in [2.75, 3.05) is 18.6 Å². The van der Waals surface area contributed by atoms with Crippen LogP contribution in [0.3, 0.4) is 0 Å². The molecule has 5 nitrogen and oxygen atoms in total. The number of nitrogens with zero attached hydrogens (tertiary/aromatic N) is 1. The highest BCUT2D eigenvalue weighted by atomic mass is 16.5. The third-order valence-electron chi connectivity index (χ3n) is 4.36. The lowest BCUT2D eigenvalue weighted by Crippen LogP contribution is -2.42. The summed E-state index contributed by atoms with van der Waals surface area (Å²) in [6, 6.07) is 5.30. The van der Waals surface area contributed by atoms with Crippen molar-refractivity contribution in [3.8, 4) is 5.75 Å². The number of ether oxygens (including phenoxy) is 1. The molecule has 0 fully saturated rings. The Balaban J connectivity index is 1.91. The number of para-hydroxylation sites is 1. The van der Waals surface area contributed by atoms with E-state index in [4.69, 9.17) is 4.74 Å². The minimum Gasteiger partial charge on any atom is -0.506 e. The van der Waals surface area contributed by atoms with E-state index in [1.807, 2.05) is 31.0 Å². The molecule has 0 saturated heterocycles. The maximum absolute atomic E-state index is 12.1. The standard InChI is InChI=1S/C17H22N2O3/c1-3-22-17(21)13-8-4-7-12-10-11-6-5-9-14(20)15(11)19(2)16(12)18-13/h5-6,9,13,18,20H,3-4,7-8,10H2,1-2H3. The third kappa shape index (κ3) is 2.51. The number of phenols is 1. The van der Waals surface area contributed by atoms with Crippen molar-refractivity contribution in [1.82, 2.24) is 5.32 Å². The molecule has 2 aliphatic rings. The molecule has 0 aliphatic carbocycles. The molecule has 0 bridgehead atoms. The van der Waals surface area contributed by atoms with Gasteiger partial charge in [-0.2, -0.15) is 0 Å². The molecule has 118 valence electrons. The van der Waals surface area contributed by atoms with E-state index < -0.39 is 0 Å². The first kappa shape index (κ1) is 14.8. The normalized spacial score (nSPS) is 20.6. The number of nitrogens with one attached hydrogen (secondary N) is 1. The van der Waals surface area contributed by atoms with E-state index in [9.17, 15) is 9.90 Å². The Kier molecular flexibility index (Phi) is 3.96. The lowest BCUT2D eigenvalue weighted by atomic mass is 9.95. The fourth-order valence-electron chi connectivity index (χ4n) is 3.35. The summed E-state index contributed by atoms with van der Waals surface area (Å²) in [6.07, 6.45) is 3.49. The van der Waals surface area contributed by atoms with Crippen molar-refractivity contribution in [2.45, 2.75) is 38.6 Å². The highest BCUT2D eigenvalue weighted by molar-refractivity contribution is 5.77. The summed E-state index contributed by atoms with van der Waals surface area (Å²) < 4.78 is 5.15. The highest BCUT2D eigenvalue weighted by Gasteiger charge is 2.31. The van der Waals surface area contributed by atoms with Crippen LogP contribution in [0, 0.1) is 0 Å². The highest BCUT2D eigenvalue weighted by Crippen LogP contribution is 2.40. The van der Waals surface area contributed by atoms with Crippen LogP contribution < -0.4 is 10.2 Å². The Labute approximate surface area is 130 Å². The van der Waals surface area contributed by atoms with Crippen LogP contribution in [0.2, 0.25) is 0 Å². The van der Waals surface area contributed by atoms with Gasteiger partial charge in [0.25, 0.3) is 0 Å². The van der Waals surface area contributed by atoms with Gasteiger partial charge < -0.3 is 20.1 Å². The van der Waals surface area contributed by atoms with Crippen LogP contribution in [-0.4, -0.2) is 30.8 Å². The van der Waals surface area contributed by atoms with Crippen molar-refractivity contribution in [1.29, 1.82) is 0 Å². The van der Waals surface area contributed by atoms with Gasteiger partial charge in [-0.25, -0.2) is 4.79 Å². The number of esters is 1. The predicted octanol–water partition coefficient (Wildman–Crippen LogP) is 2.30. The van der Waals surface area contributed by atoms with Gasteiger partial charge in [-0.05, 0) is 49.8 Å². The molecule has 2 aliphatic heterocycles. The van der Waals surface area contributed by atoms with Gasteiger partial charge in [-0.15, -0.1) is 0 Å². The molecule has 1 atom stereocenters. The average Bonchev–Trinajstić information content (AvgIpc) is 2.70. The van der Waals surface area contributed by atoms with Crippen LogP contribution in [0.15, 0.2) is 29.6 Å². The molecular weight excluding hydrogens is 280 g/mol. The van der Waals surface area contributed by atoms with Gasteiger partial charge in [0.1, 0.15) is 17.6 Å². The van der Waals surface area contributed by atoms with E-state index in [0.717, 1.165) is 42.8 Å². The summed E-state index contributed by atoms with van der Waals surface area (Å²) in [7, 11) is 1.92. The lowest BCUT2D eigenvalue weighted by molar-refractivity contribution is -0.145. The number of carbonyl (C=O) groups excluding carboxylic acids is 1. The summed E-state index contributed by atoms with van der Waals surface area (Å²) in [5.74, 6) is 1.00. The van der Waals surface area contributed by atoms with Crippen LogP contribution in [0.4, 0.5) is 5.69 Å². The van der Waals surface area contributed by atoms with Crippen molar-refractivity contribution < 1.29 is 14.6 Å². The van der Waals surface area contributed by atoms with Crippen LogP contribution in [0.1, 0.15) is 31.7 Å². The van der Waals surface area contributed by atoms with E-state index in [2.05, 4.69) is 5.32 Å². The molecule has 2 heterocycles. The molecule has 0 saturated carbocycles. The first-order valence-electron chi connectivity index (χ1n) is 7.81. The quantitative estimate of drug-likeness (QED) is 0.821. The van der Waals surface area contributed by atoms with Crippen LogP contribution in [0.25, 0.3) is 0 Å². The van der Waals surface area contributed by atoms with Crippen molar-refractivity contribution in [3.05, 3.63) is 35.2 Å².